The first-order valence-electron chi connectivity index (χ1n) is 13.4. The van der Waals surface area contributed by atoms with Gasteiger partial charge in [-0.15, -0.1) is 0 Å². The maximum atomic E-state index is 12.9. The Labute approximate surface area is 222 Å². The van der Waals surface area contributed by atoms with Gasteiger partial charge in [0.05, 0.1) is 24.2 Å². The molecule has 0 saturated carbocycles. The Balaban J connectivity index is 1.12. The minimum Gasteiger partial charge on any atom is -0.396 e. The SMILES string of the molecule is O=C(Nc1ccc2[nH]c(-c3ccc(N4CCC(CO)CC4)cc3)nc2c1)c1ccc(N2CCOCC2)cc1. The number of nitrogens with one attached hydrogen (secondary N) is 2. The van der Waals surface area contributed by atoms with Crippen LogP contribution in [0.4, 0.5) is 17.1 Å². The van der Waals surface area contributed by atoms with Gasteiger partial charge in [-0.1, -0.05) is 0 Å². The first-order valence-corrected chi connectivity index (χ1v) is 13.4. The highest BCUT2D eigenvalue weighted by Gasteiger charge is 2.19. The van der Waals surface area contributed by atoms with E-state index in [1.165, 1.54) is 5.69 Å². The standard InChI is InChI=1S/C30H33N5O3/c36-20-21-11-13-34(14-12-21)25-6-1-22(2-7-25)29-32-27-10-5-24(19-28(27)33-29)31-30(37)23-3-8-26(9-4-23)35-15-17-38-18-16-35/h1-10,19,21,36H,11-18,20H2,(H,31,37)(H,32,33). The van der Waals surface area contributed by atoms with Crippen molar-refractivity contribution in [1.29, 1.82) is 0 Å². The number of hydrogen-bond acceptors (Lipinski definition) is 6. The minimum atomic E-state index is -0.146. The highest BCUT2D eigenvalue weighted by atomic mass is 16.5. The Morgan fingerprint density at radius 2 is 1.58 bits per heavy atom. The average Bonchev–Trinajstić information content (AvgIpc) is 3.41. The number of imidazole rings is 1. The second-order valence-corrected chi connectivity index (χ2v) is 10.1. The number of nitrogens with zero attached hydrogens (tertiary/aromatic N) is 3. The second kappa shape index (κ2) is 10.8. The predicted octanol–water partition coefficient (Wildman–Crippen LogP) is 4.53. The molecule has 0 spiro atoms. The van der Waals surface area contributed by atoms with Crippen molar-refractivity contribution in [1.82, 2.24) is 9.97 Å². The van der Waals surface area contributed by atoms with Gasteiger partial charge in [-0.2, -0.15) is 0 Å². The average molecular weight is 512 g/mol. The third-order valence-corrected chi connectivity index (χ3v) is 7.63. The number of aromatic amines is 1. The number of ether oxygens (including phenoxy) is 1. The summed E-state index contributed by atoms with van der Waals surface area (Å²) in [5.41, 5.74) is 6.36. The van der Waals surface area contributed by atoms with Crippen molar-refractivity contribution in [3.05, 3.63) is 72.3 Å². The summed E-state index contributed by atoms with van der Waals surface area (Å²) >= 11 is 0. The number of fused-ring (bicyclic) bond motifs is 1. The van der Waals surface area contributed by atoms with Gasteiger partial charge < -0.3 is 29.9 Å². The van der Waals surface area contributed by atoms with Crippen LogP contribution >= 0.6 is 0 Å². The first-order chi connectivity index (χ1) is 18.7. The summed E-state index contributed by atoms with van der Waals surface area (Å²) in [4.78, 5) is 25.7. The van der Waals surface area contributed by atoms with E-state index in [2.05, 4.69) is 44.4 Å². The van der Waals surface area contributed by atoms with Crippen LogP contribution in [0.25, 0.3) is 22.4 Å². The molecule has 6 rings (SSSR count). The van der Waals surface area contributed by atoms with Crippen LogP contribution in [0.1, 0.15) is 23.2 Å². The number of amides is 1. The largest absolute Gasteiger partial charge is 0.396 e. The van der Waals surface area contributed by atoms with Gasteiger partial charge in [-0.05, 0) is 85.5 Å². The van der Waals surface area contributed by atoms with Crippen LogP contribution < -0.4 is 15.1 Å². The molecule has 2 aliphatic heterocycles. The number of morpholine rings is 1. The van der Waals surface area contributed by atoms with Crippen LogP contribution in [0.5, 0.6) is 0 Å². The van der Waals surface area contributed by atoms with Gasteiger partial charge in [0.2, 0.25) is 0 Å². The summed E-state index contributed by atoms with van der Waals surface area (Å²) in [6.45, 7) is 5.43. The molecule has 0 unspecified atom stereocenters. The lowest BCUT2D eigenvalue weighted by molar-refractivity contribution is 0.102. The topological polar surface area (TPSA) is 93.7 Å². The third kappa shape index (κ3) is 5.23. The molecule has 3 N–H and O–H groups in total. The van der Waals surface area contributed by atoms with E-state index in [0.29, 0.717) is 17.2 Å². The molecule has 2 aliphatic rings. The fourth-order valence-electron chi connectivity index (χ4n) is 5.27. The number of aliphatic hydroxyl groups excluding tert-OH is 1. The molecule has 0 atom stereocenters. The molecule has 1 amide bonds. The quantitative estimate of drug-likeness (QED) is 0.352. The fourth-order valence-corrected chi connectivity index (χ4v) is 5.27. The molecule has 3 heterocycles. The van der Waals surface area contributed by atoms with Crippen LogP contribution in [0, 0.1) is 5.92 Å². The monoisotopic (exact) mass is 511 g/mol. The minimum absolute atomic E-state index is 0.146. The molecule has 8 nitrogen and oxygen atoms in total. The number of H-pyrrole nitrogens is 1. The van der Waals surface area contributed by atoms with Gasteiger partial charge >= 0.3 is 0 Å². The molecule has 0 bridgehead atoms. The van der Waals surface area contributed by atoms with E-state index in [4.69, 9.17) is 9.72 Å². The van der Waals surface area contributed by atoms with Crippen molar-refractivity contribution in [2.24, 2.45) is 5.92 Å². The number of carbonyl (C=O) groups excluding carboxylic acids is 1. The molecule has 0 aliphatic carbocycles. The van der Waals surface area contributed by atoms with Crippen LogP contribution in [-0.2, 0) is 4.74 Å². The second-order valence-electron chi connectivity index (χ2n) is 10.1. The number of benzene rings is 3. The number of carbonyl (C=O) groups is 1. The summed E-state index contributed by atoms with van der Waals surface area (Å²) in [6.07, 6.45) is 2.06. The third-order valence-electron chi connectivity index (χ3n) is 7.63. The van der Waals surface area contributed by atoms with E-state index in [0.717, 1.165) is 80.3 Å². The van der Waals surface area contributed by atoms with E-state index in [1.807, 2.05) is 42.5 Å². The zero-order valence-corrected chi connectivity index (χ0v) is 21.4. The van der Waals surface area contributed by atoms with Gasteiger partial charge in [0.1, 0.15) is 5.82 Å². The maximum Gasteiger partial charge on any atom is 0.255 e. The van der Waals surface area contributed by atoms with Gasteiger partial charge in [0, 0.05) is 61.0 Å². The summed E-state index contributed by atoms with van der Waals surface area (Å²) in [6, 6.07) is 21.9. The maximum absolute atomic E-state index is 12.9. The number of anilines is 3. The lowest BCUT2D eigenvalue weighted by Gasteiger charge is -2.32. The van der Waals surface area contributed by atoms with Crippen molar-refractivity contribution in [3.63, 3.8) is 0 Å². The molecular formula is C30H33N5O3. The number of hydrogen-bond donors (Lipinski definition) is 3. The Morgan fingerprint density at radius 3 is 2.26 bits per heavy atom. The number of aliphatic hydroxyl groups is 1. The summed E-state index contributed by atoms with van der Waals surface area (Å²) in [5.74, 6) is 1.08. The Bertz CT molecular complexity index is 1390. The van der Waals surface area contributed by atoms with E-state index >= 15 is 0 Å². The zero-order valence-electron chi connectivity index (χ0n) is 21.4. The van der Waals surface area contributed by atoms with E-state index in [1.54, 1.807) is 0 Å². The highest BCUT2D eigenvalue weighted by molar-refractivity contribution is 6.05. The summed E-state index contributed by atoms with van der Waals surface area (Å²) in [7, 11) is 0. The lowest BCUT2D eigenvalue weighted by atomic mass is 9.97. The lowest BCUT2D eigenvalue weighted by Crippen LogP contribution is -2.36. The number of rotatable bonds is 6. The zero-order chi connectivity index (χ0) is 25.9. The van der Waals surface area contributed by atoms with Gasteiger partial charge in [0.15, 0.2) is 0 Å². The molecule has 0 radical (unpaired) electrons. The van der Waals surface area contributed by atoms with Crippen LogP contribution in [0.15, 0.2) is 66.7 Å². The predicted molar refractivity (Wildman–Crippen MR) is 151 cm³/mol. The van der Waals surface area contributed by atoms with Crippen molar-refractivity contribution in [2.45, 2.75) is 12.8 Å². The summed E-state index contributed by atoms with van der Waals surface area (Å²) in [5, 5.41) is 12.4. The van der Waals surface area contributed by atoms with Crippen LogP contribution in [0.3, 0.4) is 0 Å². The van der Waals surface area contributed by atoms with E-state index in [9.17, 15) is 9.90 Å². The fraction of sp³-hybridized carbons (Fsp3) is 0.333. The number of piperidine rings is 1. The highest BCUT2D eigenvalue weighted by Crippen LogP contribution is 2.28. The van der Waals surface area contributed by atoms with Crippen molar-refractivity contribution >= 4 is 34.0 Å². The summed E-state index contributed by atoms with van der Waals surface area (Å²) < 4.78 is 5.42. The van der Waals surface area contributed by atoms with Crippen molar-refractivity contribution in [3.8, 4) is 11.4 Å². The van der Waals surface area contributed by atoms with Gasteiger partial charge in [-0.3, -0.25) is 4.79 Å². The molecule has 1 aromatic heterocycles. The van der Waals surface area contributed by atoms with Crippen LogP contribution in [-0.4, -0.2) is 67.0 Å². The molecule has 2 fully saturated rings. The number of aromatic nitrogens is 2. The molecule has 196 valence electrons. The Kier molecular flexibility index (Phi) is 6.98. The van der Waals surface area contributed by atoms with E-state index in [-0.39, 0.29) is 12.5 Å². The molecule has 4 aromatic rings. The normalized spacial score (nSPS) is 16.7. The molecule has 38 heavy (non-hydrogen) atoms. The van der Waals surface area contributed by atoms with Gasteiger partial charge in [-0.25, -0.2) is 4.98 Å². The molecular weight excluding hydrogens is 478 g/mol. The van der Waals surface area contributed by atoms with Crippen LogP contribution in [0.2, 0.25) is 0 Å². The molecule has 8 heteroatoms. The van der Waals surface area contributed by atoms with Crippen molar-refractivity contribution < 1.29 is 14.6 Å². The molecule has 2 saturated heterocycles. The van der Waals surface area contributed by atoms with Gasteiger partial charge in [0.25, 0.3) is 5.91 Å². The van der Waals surface area contributed by atoms with Crippen molar-refractivity contribution in [2.75, 3.05) is 61.1 Å². The van der Waals surface area contributed by atoms with E-state index < -0.39 is 0 Å². The Hall–Kier alpha value is -3.88. The Morgan fingerprint density at radius 1 is 0.921 bits per heavy atom. The molecule has 3 aromatic carbocycles. The first kappa shape index (κ1) is 24.5. The smallest absolute Gasteiger partial charge is 0.255 e.